The minimum Gasteiger partial charge on any atom is -0.376 e. The number of carbonyl (C=O) groups is 1. The van der Waals surface area contributed by atoms with Gasteiger partial charge < -0.3 is 19.5 Å². The molecule has 1 N–H and O–H groups in total. The first kappa shape index (κ1) is 18.4. The predicted octanol–water partition coefficient (Wildman–Crippen LogP) is 2.74. The molecule has 2 amide bonds. The summed E-state index contributed by atoms with van der Waals surface area (Å²) >= 11 is 0. The van der Waals surface area contributed by atoms with E-state index in [0.29, 0.717) is 44.4 Å². The van der Waals surface area contributed by atoms with Crippen LogP contribution in [0.2, 0.25) is 0 Å². The molecule has 7 nitrogen and oxygen atoms in total. The molecule has 2 heterocycles. The molecule has 0 saturated carbocycles. The maximum absolute atomic E-state index is 12.0. The SMILES string of the molecule is CCCNC(=O)N1CCC(c2nc(CCOCc3ccccc3)no2)C1. The molecule has 26 heavy (non-hydrogen) atoms. The van der Waals surface area contributed by atoms with Gasteiger partial charge in [-0.2, -0.15) is 4.98 Å². The minimum absolute atomic E-state index is 0.0107. The molecule has 0 radical (unpaired) electrons. The fourth-order valence-electron chi connectivity index (χ4n) is 2.95. The van der Waals surface area contributed by atoms with Gasteiger partial charge in [-0.25, -0.2) is 4.79 Å². The first-order valence-corrected chi connectivity index (χ1v) is 9.23. The number of hydrogen-bond donors (Lipinski definition) is 1. The van der Waals surface area contributed by atoms with Crippen molar-refractivity contribution in [1.82, 2.24) is 20.4 Å². The Morgan fingerprint density at radius 2 is 2.23 bits per heavy atom. The van der Waals surface area contributed by atoms with Crippen molar-refractivity contribution in [2.45, 2.75) is 38.7 Å². The quantitative estimate of drug-likeness (QED) is 0.734. The molecular weight excluding hydrogens is 332 g/mol. The molecule has 1 atom stereocenters. The van der Waals surface area contributed by atoms with Crippen molar-refractivity contribution in [1.29, 1.82) is 0 Å². The molecule has 0 spiro atoms. The summed E-state index contributed by atoms with van der Waals surface area (Å²) in [6, 6.07) is 10.0. The molecule has 3 rings (SSSR count). The average molecular weight is 358 g/mol. The molecule has 0 bridgehead atoms. The summed E-state index contributed by atoms with van der Waals surface area (Å²) in [7, 11) is 0. The minimum atomic E-state index is -0.0107. The van der Waals surface area contributed by atoms with E-state index in [1.165, 1.54) is 0 Å². The van der Waals surface area contributed by atoms with Gasteiger partial charge in [-0.15, -0.1) is 0 Å². The van der Waals surface area contributed by atoms with Crippen LogP contribution in [0.4, 0.5) is 4.79 Å². The number of benzene rings is 1. The molecule has 0 aliphatic carbocycles. The highest BCUT2D eigenvalue weighted by atomic mass is 16.5. The van der Waals surface area contributed by atoms with Crippen LogP contribution in [-0.2, 0) is 17.8 Å². The number of carbonyl (C=O) groups excluding carboxylic acids is 1. The van der Waals surface area contributed by atoms with Gasteiger partial charge in [0.2, 0.25) is 5.89 Å². The van der Waals surface area contributed by atoms with Crippen LogP contribution in [0, 0.1) is 0 Å². The molecule has 1 fully saturated rings. The van der Waals surface area contributed by atoms with Gasteiger partial charge in [0.05, 0.1) is 19.1 Å². The summed E-state index contributed by atoms with van der Waals surface area (Å²) in [5, 5.41) is 6.94. The second kappa shape index (κ2) is 9.33. The van der Waals surface area contributed by atoms with Crippen molar-refractivity contribution in [2.75, 3.05) is 26.2 Å². The van der Waals surface area contributed by atoms with Gasteiger partial charge in [0.15, 0.2) is 5.82 Å². The van der Waals surface area contributed by atoms with Gasteiger partial charge in [0.1, 0.15) is 0 Å². The Bertz CT molecular complexity index is 689. The van der Waals surface area contributed by atoms with Crippen molar-refractivity contribution >= 4 is 6.03 Å². The lowest BCUT2D eigenvalue weighted by molar-refractivity contribution is 0.122. The molecule has 1 aliphatic rings. The standard InChI is InChI=1S/C19H26N4O3/c1-2-10-20-19(24)23-11-8-16(13-23)18-21-17(22-26-18)9-12-25-14-15-6-4-3-5-7-15/h3-7,16H,2,8-14H2,1H3,(H,20,24). The van der Waals surface area contributed by atoms with Crippen LogP contribution in [0.3, 0.4) is 0 Å². The Balaban J connectivity index is 1.41. The van der Waals surface area contributed by atoms with E-state index in [0.717, 1.165) is 24.9 Å². The van der Waals surface area contributed by atoms with Crippen molar-refractivity contribution in [3.05, 3.63) is 47.6 Å². The molecule has 1 unspecified atom stereocenters. The Labute approximate surface area is 153 Å². The van der Waals surface area contributed by atoms with Crippen molar-refractivity contribution < 1.29 is 14.1 Å². The highest BCUT2D eigenvalue weighted by Crippen LogP contribution is 2.25. The highest BCUT2D eigenvalue weighted by molar-refractivity contribution is 5.74. The fraction of sp³-hybridized carbons (Fsp3) is 0.526. The molecule has 140 valence electrons. The van der Waals surface area contributed by atoms with Gasteiger partial charge in [-0.3, -0.25) is 0 Å². The summed E-state index contributed by atoms with van der Waals surface area (Å²) in [5.41, 5.74) is 1.15. The van der Waals surface area contributed by atoms with Crippen LogP contribution >= 0.6 is 0 Å². The lowest BCUT2D eigenvalue weighted by atomic mass is 10.1. The number of urea groups is 1. The predicted molar refractivity (Wildman–Crippen MR) is 96.7 cm³/mol. The Morgan fingerprint density at radius 1 is 1.38 bits per heavy atom. The highest BCUT2D eigenvalue weighted by Gasteiger charge is 2.30. The molecular formula is C19H26N4O3. The van der Waals surface area contributed by atoms with Crippen LogP contribution in [-0.4, -0.2) is 47.3 Å². The van der Waals surface area contributed by atoms with Crippen molar-refractivity contribution in [2.24, 2.45) is 0 Å². The average Bonchev–Trinajstić information content (AvgIpc) is 3.33. The maximum atomic E-state index is 12.0. The second-order valence-electron chi connectivity index (χ2n) is 6.50. The van der Waals surface area contributed by atoms with Crippen LogP contribution in [0.1, 0.15) is 43.0 Å². The number of nitrogens with zero attached hydrogens (tertiary/aromatic N) is 3. The van der Waals surface area contributed by atoms with Gasteiger partial charge in [-0.05, 0) is 18.4 Å². The van der Waals surface area contributed by atoms with E-state index >= 15 is 0 Å². The van der Waals surface area contributed by atoms with E-state index < -0.39 is 0 Å². The van der Waals surface area contributed by atoms with E-state index in [9.17, 15) is 4.79 Å². The molecule has 1 aliphatic heterocycles. The summed E-state index contributed by atoms with van der Waals surface area (Å²) in [6.45, 7) is 5.21. The number of aromatic nitrogens is 2. The first-order valence-electron chi connectivity index (χ1n) is 9.23. The van der Waals surface area contributed by atoms with Gasteiger partial charge in [0, 0.05) is 26.1 Å². The summed E-state index contributed by atoms with van der Waals surface area (Å²) < 4.78 is 11.1. The van der Waals surface area contributed by atoms with E-state index in [-0.39, 0.29) is 11.9 Å². The molecule has 1 aromatic carbocycles. The summed E-state index contributed by atoms with van der Waals surface area (Å²) in [5.74, 6) is 1.39. The third kappa shape index (κ3) is 5.05. The number of likely N-dealkylation sites (tertiary alicyclic amines) is 1. The molecule has 1 aromatic heterocycles. The largest absolute Gasteiger partial charge is 0.376 e. The maximum Gasteiger partial charge on any atom is 0.317 e. The lowest BCUT2D eigenvalue weighted by Gasteiger charge is -2.16. The monoisotopic (exact) mass is 358 g/mol. The molecule has 1 saturated heterocycles. The molecule has 2 aromatic rings. The number of hydrogen-bond acceptors (Lipinski definition) is 5. The number of nitrogens with one attached hydrogen (secondary N) is 1. The fourth-order valence-corrected chi connectivity index (χ4v) is 2.95. The summed E-state index contributed by atoms with van der Waals surface area (Å²) in [6.07, 6.45) is 2.40. The molecule has 7 heteroatoms. The first-order chi connectivity index (χ1) is 12.8. The van der Waals surface area contributed by atoms with E-state index in [2.05, 4.69) is 15.5 Å². The third-order valence-electron chi connectivity index (χ3n) is 4.42. The third-order valence-corrected chi connectivity index (χ3v) is 4.42. The van der Waals surface area contributed by atoms with Gasteiger partial charge in [0.25, 0.3) is 0 Å². The zero-order valence-corrected chi connectivity index (χ0v) is 15.2. The summed E-state index contributed by atoms with van der Waals surface area (Å²) in [4.78, 5) is 18.3. The van der Waals surface area contributed by atoms with Crippen LogP contribution < -0.4 is 5.32 Å². The Hall–Kier alpha value is -2.41. The zero-order chi connectivity index (χ0) is 18.2. The number of amides is 2. The van der Waals surface area contributed by atoms with Crippen LogP contribution in [0.15, 0.2) is 34.9 Å². The smallest absolute Gasteiger partial charge is 0.317 e. The van der Waals surface area contributed by atoms with Gasteiger partial charge >= 0.3 is 6.03 Å². The van der Waals surface area contributed by atoms with Crippen LogP contribution in [0.25, 0.3) is 0 Å². The normalized spacial score (nSPS) is 16.8. The van der Waals surface area contributed by atoms with Crippen molar-refractivity contribution in [3.8, 4) is 0 Å². The Kier molecular flexibility index (Phi) is 6.60. The van der Waals surface area contributed by atoms with E-state index in [1.807, 2.05) is 42.2 Å². The zero-order valence-electron chi connectivity index (χ0n) is 15.2. The lowest BCUT2D eigenvalue weighted by Crippen LogP contribution is -2.38. The van der Waals surface area contributed by atoms with Gasteiger partial charge in [-0.1, -0.05) is 42.4 Å². The van der Waals surface area contributed by atoms with Crippen LogP contribution in [0.5, 0.6) is 0 Å². The number of ether oxygens (including phenoxy) is 1. The van der Waals surface area contributed by atoms with E-state index in [1.54, 1.807) is 0 Å². The van der Waals surface area contributed by atoms with E-state index in [4.69, 9.17) is 9.26 Å². The topological polar surface area (TPSA) is 80.5 Å². The number of rotatable bonds is 8. The second-order valence-corrected chi connectivity index (χ2v) is 6.50. The van der Waals surface area contributed by atoms with Crippen molar-refractivity contribution in [3.63, 3.8) is 0 Å². The Morgan fingerprint density at radius 3 is 3.04 bits per heavy atom.